The van der Waals surface area contributed by atoms with Gasteiger partial charge in [-0.15, -0.1) is 0 Å². The Labute approximate surface area is 130 Å². The minimum atomic E-state index is 0.641. The van der Waals surface area contributed by atoms with Crippen molar-refractivity contribution < 1.29 is 0 Å². The Morgan fingerprint density at radius 3 is 2.62 bits per heavy atom. The average Bonchev–Trinajstić information content (AvgIpc) is 2.52. The van der Waals surface area contributed by atoms with Crippen LogP contribution in [0.25, 0.3) is 0 Å². The summed E-state index contributed by atoms with van der Waals surface area (Å²) in [4.78, 5) is 2.32. The smallest absolute Gasteiger partial charge is 0.101 e. The minimum Gasteiger partial charge on any atom is -0.370 e. The molecule has 1 atom stereocenters. The van der Waals surface area contributed by atoms with Gasteiger partial charge in [0.2, 0.25) is 0 Å². The molecule has 1 unspecified atom stereocenters. The van der Waals surface area contributed by atoms with Gasteiger partial charge < -0.3 is 10.2 Å². The summed E-state index contributed by atoms with van der Waals surface area (Å²) in [7, 11) is 0. The van der Waals surface area contributed by atoms with Crippen molar-refractivity contribution in [3.8, 4) is 6.07 Å². The van der Waals surface area contributed by atoms with Crippen LogP contribution >= 0.6 is 0 Å². The van der Waals surface area contributed by atoms with Gasteiger partial charge in [0.05, 0.1) is 11.3 Å². The van der Waals surface area contributed by atoms with Crippen molar-refractivity contribution in [2.75, 3.05) is 24.5 Å². The lowest BCUT2D eigenvalue weighted by atomic mass is 10.1. The molecule has 0 saturated heterocycles. The van der Waals surface area contributed by atoms with Gasteiger partial charge in [0, 0.05) is 19.6 Å². The zero-order chi connectivity index (χ0) is 15.7. The van der Waals surface area contributed by atoms with Crippen LogP contribution in [0.1, 0.15) is 51.7 Å². The van der Waals surface area contributed by atoms with Crippen LogP contribution in [0.3, 0.4) is 0 Å². The fourth-order valence-electron chi connectivity index (χ4n) is 2.37. The van der Waals surface area contributed by atoms with Gasteiger partial charge in [-0.3, -0.25) is 0 Å². The summed E-state index contributed by atoms with van der Waals surface area (Å²) in [5.74, 6) is 0.641. The predicted molar refractivity (Wildman–Crippen MR) is 90.5 cm³/mol. The molecular weight excluding hydrogens is 258 g/mol. The Morgan fingerprint density at radius 1 is 1.29 bits per heavy atom. The van der Waals surface area contributed by atoms with Gasteiger partial charge in [0.15, 0.2) is 0 Å². The molecule has 0 amide bonds. The summed E-state index contributed by atoms with van der Waals surface area (Å²) in [6.45, 7) is 12.6. The summed E-state index contributed by atoms with van der Waals surface area (Å²) in [6, 6.07) is 8.63. The lowest BCUT2D eigenvalue weighted by Gasteiger charge is -2.27. The molecule has 0 spiro atoms. The van der Waals surface area contributed by atoms with Crippen LogP contribution in [0.5, 0.6) is 0 Å². The van der Waals surface area contributed by atoms with Crippen LogP contribution in [0.15, 0.2) is 18.2 Å². The first-order valence-electron chi connectivity index (χ1n) is 8.14. The maximum Gasteiger partial charge on any atom is 0.101 e. The van der Waals surface area contributed by atoms with E-state index < -0.39 is 0 Å². The maximum atomic E-state index is 9.45. The Hall–Kier alpha value is -1.53. The van der Waals surface area contributed by atoms with E-state index in [2.05, 4.69) is 56.1 Å². The standard InChI is InChI=1S/C18H29N3/c1-5-10-20-13-16-8-9-18(17(11-16)12-19)21(7-3)14-15(4)6-2/h8-9,11,15,20H,5-7,10,13-14H2,1-4H3. The second-order valence-electron chi connectivity index (χ2n) is 5.69. The number of hydrogen-bond acceptors (Lipinski definition) is 3. The first kappa shape index (κ1) is 17.5. The van der Waals surface area contributed by atoms with Crippen molar-refractivity contribution in [3.63, 3.8) is 0 Å². The van der Waals surface area contributed by atoms with Gasteiger partial charge in [0.25, 0.3) is 0 Å². The fraction of sp³-hybridized carbons (Fsp3) is 0.611. The molecular formula is C18H29N3. The molecule has 1 N–H and O–H groups in total. The van der Waals surface area contributed by atoms with Crippen LogP contribution in [0.2, 0.25) is 0 Å². The number of rotatable bonds is 9. The van der Waals surface area contributed by atoms with E-state index in [1.807, 2.05) is 6.07 Å². The summed E-state index contributed by atoms with van der Waals surface area (Å²) in [6.07, 6.45) is 2.29. The van der Waals surface area contributed by atoms with Crippen LogP contribution < -0.4 is 10.2 Å². The van der Waals surface area contributed by atoms with Gasteiger partial charge in [-0.1, -0.05) is 33.3 Å². The third kappa shape index (κ3) is 5.40. The molecule has 0 bridgehead atoms. The number of hydrogen-bond donors (Lipinski definition) is 1. The van der Waals surface area contributed by atoms with E-state index in [-0.39, 0.29) is 0 Å². The van der Waals surface area contributed by atoms with Gasteiger partial charge in [0.1, 0.15) is 6.07 Å². The van der Waals surface area contributed by atoms with E-state index in [0.29, 0.717) is 5.92 Å². The maximum absolute atomic E-state index is 9.45. The van der Waals surface area contributed by atoms with Crippen molar-refractivity contribution >= 4 is 5.69 Å². The lowest BCUT2D eigenvalue weighted by Crippen LogP contribution is -2.28. The molecule has 0 saturated carbocycles. The highest BCUT2D eigenvalue weighted by molar-refractivity contribution is 5.60. The molecule has 0 aliphatic rings. The summed E-state index contributed by atoms with van der Waals surface area (Å²) in [5, 5.41) is 12.8. The SMILES string of the molecule is CCCNCc1ccc(N(CC)CC(C)CC)c(C#N)c1. The molecule has 1 aromatic rings. The van der Waals surface area contributed by atoms with Crippen molar-refractivity contribution in [1.82, 2.24) is 5.32 Å². The van der Waals surface area contributed by atoms with Crippen LogP contribution in [-0.4, -0.2) is 19.6 Å². The predicted octanol–water partition coefficient (Wildman–Crippen LogP) is 3.93. The summed E-state index contributed by atoms with van der Waals surface area (Å²) in [5.41, 5.74) is 3.04. The quantitative estimate of drug-likeness (QED) is 0.699. The third-order valence-electron chi connectivity index (χ3n) is 3.89. The normalized spacial score (nSPS) is 12.0. The van der Waals surface area contributed by atoms with Crippen LogP contribution in [0, 0.1) is 17.2 Å². The highest BCUT2D eigenvalue weighted by Crippen LogP contribution is 2.23. The van der Waals surface area contributed by atoms with Crippen molar-refractivity contribution in [2.45, 2.75) is 47.1 Å². The Morgan fingerprint density at radius 2 is 2.05 bits per heavy atom. The van der Waals surface area contributed by atoms with Gasteiger partial charge in [-0.2, -0.15) is 5.26 Å². The first-order chi connectivity index (χ1) is 10.2. The molecule has 116 valence electrons. The second-order valence-corrected chi connectivity index (χ2v) is 5.69. The third-order valence-corrected chi connectivity index (χ3v) is 3.89. The second kappa shape index (κ2) is 9.41. The molecule has 1 aromatic carbocycles. The molecule has 21 heavy (non-hydrogen) atoms. The first-order valence-corrected chi connectivity index (χ1v) is 8.14. The van der Waals surface area contributed by atoms with Crippen LogP contribution in [-0.2, 0) is 6.54 Å². The molecule has 0 heterocycles. The van der Waals surface area contributed by atoms with E-state index >= 15 is 0 Å². The minimum absolute atomic E-state index is 0.641. The largest absolute Gasteiger partial charge is 0.370 e. The molecule has 0 aliphatic heterocycles. The number of anilines is 1. The van der Waals surface area contributed by atoms with E-state index in [4.69, 9.17) is 0 Å². The monoisotopic (exact) mass is 287 g/mol. The van der Waals surface area contributed by atoms with Crippen molar-refractivity contribution in [2.24, 2.45) is 5.92 Å². The zero-order valence-corrected chi connectivity index (χ0v) is 13.9. The van der Waals surface area contributed by atoms with Gasteiger partial charge in [-0.25, -0.2) is 0 Å². The highest BCUT2D eigenvalue weighted by Gasteiger charge is 2.13. The Kier molecular flexibility index (Phi) is 7.85. The summed E-state index contributed by atoms with van der Waals surface area (Å²) < 4.78 is 0. The van der Waals surface area contributed by atoms with E-state index in [1.54, 1.807) is 0 Å². The number of nitrogens with zero attached hydrogens (tertiary/aromatic N) is 2. The molecule has 1 rings (SSSR count). The number of benzene rings is 1. The van der Waals surface area contributed by atoms with Gasteiger partial charge in [-0.05, 0) is 43.5 Å². The molecule has 0 radical (unpaired) electrons. The van der Waals surface area contributed by atoms with Crippen molar-refractivity contribution in [1.29, 1.82) is 5.26 Å². The summed E-state index contributed by atoms with van der Waals surface area (Å²) >= 11 is 0. The fourth-order valence-corrected chi connectivity index (χ4v) is 2.37. The topological polar surface area (TPSA) is 39.1 Å². The number of nitriles is 1. The van der Waals surface area contributed by atoms with Crippen LogP contribution in [0.4, 0.5) is 5.69 Å². The lowest BCUT2D eigenvalue weighted by molar-refractivity contribution is 0.548. The highest BCUT2D eigenvalue weighted by atomic mass is 15.1. The Balaban J connectivity index is 2.88. The van der Waals surface area contributed by atoms with Crippen molar-refractivity contribution in [3.05, 3.63) is 29.3 Å². The molecule has 0 aliphatic carbocycles. The van der Waals surface area contributed by atoms with E-state index in [0.717, 1.165) is 50.3 Å². The Bertz CT molecular complexity index is 462. The number of nitrogens with one attached hydrogen (secondary N) is 1. The molecule has 3 nitrogen and oxygen atoms in total. The molecule has 3 heteroatoms. The molecule has 0 aromatic heterocycles. The van der Waals surface area contributed by atoms with E-state index in [1.165, 1.54) is 5.56 Å². The molecule has 0 fully saturated rings. The average molecular weight is 287 g/mol. The van der Waals surface area contributed by atoms with Gasteiger partial charge >= 0.3 is 0 Å². The van der Waals surface area contributed by atoms with E-state index in [9.17, 15) is 5.26 Å². The zero-order valence-electron chi connectivity index (χ0n) is 13.9.